The number of amides is 1. The molecule has 2 aliphatic rings. The van der Waals surface area contributed by atoms with Crippen LogP contribution in [0.1, 0.15) is 26.7 Å². The average Bonchev–Trinajstić information content (AvgIpc) is 2.91. The summed E-state index contributed by atoms with van der Waals surface area (Å²) in [6.07, 6.45) is 7.33. The standard InChI is InChI=1S/C14H18N2O2/c1-4-6-10(15-5-2)13(18)11-7-14(3)8-12(14)16(11)9-17/h4-6,9,11-12H,2,7-8H2,1,3H3/b6-4-,15-10?/t11-,12+,14-/m0/s1. The van der Waals surface area contributed by atoms with Gasteiger partial charge in [0.2, 0.25) is 12.2 Å². The molecule has 1 saturated heterocycles. The van der Waals surface area contributed by atoms with Crippen LogP contribution in [-0.2, 0) is 9.59 Å². The second kappa shape index (κ2) is 4.52. The fraction of sp³-hybridized carbons (Fsp3) is 0.500. The number of ketones is 1. The van der Waals surface area contributed by atoms with Gasteiger partial charge in [0.05, 0.1) is 6.04 Å². The van der Waals surface area contributed by atoms with Crippen molar-refractivity contribution in [2.24, 2.45) is 10.4 Å². The minimum absolute atomic E-state index is 0.0893. The molecule has 1 aliphatic carbocycles. The maximum absolute atomic E-state index is 12.4. The molecule has 1 saturated carbocycles. The number of nitrogens with zero attached hydrogens (tertiary/aromatic N) is 2. The number of allylic oxidation sites excluding steroid dienone is 2. The van der Waals surface area contributed by atoms with Crippen LogP contribution in [0.15, 0.2) is 29.9 Å². The van der Waals surface area contributed by atoms with E-state index in [2.05, 4.69) is 18.5 Å². The highest BCUT2D eigenvalue weighted by Gasteiger charge is 2.62. The lowest BCUT2D eigenvalue weighted by Crippen LogP contribution is -2.41. The molecule has 0 unspecified atom stereocenters. The second-order valence-electron chi connectivity index (χ2n) is 5.21. The number of carbonyl (C=O) groups is 2. The molecular weight excluding hydrogens is 228 g/mol. The molecule has 1 aliphatic heterocycles. The van der Waals surface area contributed by atoms with Gasteiger partial charge in [-0.3, -0.25) is 14.6 Å². The number of hydrogen-bond donors (Lipinski definition) is 0. The number of piperidine rings is 1. The predicted octanol–water partition coefficient (Wildman–Crippen LogP) is 1.73. The lowest BCUT2D eigenvalue weighted by atomic mass is 9.97. The van der Waals surface area contributed by atoms with Crippen molar-refractivity contribution in [1.82, 2.24) is 4.90 Å². The van der Waals surface area contributed by atoms with Crippen LogP contribution in [0.4, 0.5) is 0 Å². The molecule has 3 atom stereocenters. The summed E-state index contributed by atoms with van der Waals surface area (Å²) in [5, 5.41) is 0. The lowest BCUT2D eigenvalue weighted by molar-refractivity contribution is -0.127. The Bertz CT molecular complexity index is 453. The lowest BCUT2D eigenvalue weighted by Gasteiger charge is -2.21. The van der Waals surface area contributed by atoms with Gasteiger partial charge in [-0.15, -0.1) is 0 Å². The first-order valence-electron chi connectivity index (χ1n) is 6.15. The van der Waals surface area contributed by atoms with E-state index >= 15 is 0 Å². The normalized spacial score (nSPS) is 34.6. The van der Waals surface area contributed by atoms with Gasteiger partial charge in [-0.25, -0.2) is 0 Å². The maximum atomic E-state index is 12.4. The van der Waals surface area contributed by atoms with Crippen LogP contribution in [0.2, 0.25) is 0 Å². The molecule has 0 bridgehead atoms. The van der Waals surface area contributed by atoms with E-state index in [9.17, 15) is 9.59 Å². The van der Waals surface area contributed by atoms with Crippen molar-refractivity contribution in [1.29, 1.82) is 0 Å². The van der Waals surface area contributed by atoms with Gasteiger partial charge in [0.15, 0.2) is 0 Å². The fourth-order valence-electron chi connectivity index (χ4n) is 2.82. The van der Waals surface area contributed by atoms with Gasteiger partial charge in [0.1, 0.15) is 5.71 Å². The molecular formula is C14H18N2O2. The Hall–Kier alpha value is -1.71. The van der Waals surface area contributed by atoms with Crippen molar-refractivity contribution in [2.75, 3.05) is 0 Å². The van der Waals surface area contributed by atoms with E-state index in [1.807, 2.05) is 6.92 Å². The molecule has 0 spiro atoms. The first-order valence-corrected chi connectivity index (χ1v) is 6.15. The van der Waals surface area contributed by atoms with E-state index in [4.69, 9.17) is 0 Å². The first kappa shape index (κ1) is 12.7. The van der Waals surface area contributed by atoms with Crippen LogP contribution in [0, 0.1) is 5.41 Å². The van der Waals surface area contributed by atoms with E-state index in [0.717, 1.165) is 19.3 Å². The van der Waals surface area contributed by atoms with Gasteiger partial charge < -0.3 is 4.90 Å². The Labute approximate surface area is 107 Å². The SMILES string of the molecule is C=CN=C(/C=C\C)C(=O)[C@@H]1C[C@@]2(C)C[C@H]2N1C=O. The minimum Gasteiger partial charge on any atom is -0.331 e. The number of hydrogen-bond acceptors (Lipinski definition) is 3. The van der Waals surface area contributed by atoms with Gasteiger partial charge >= 0.3 is 0 Å². The minimum atomic E-state index is -0.360. The van der Waals surface area contributed by atoms with E-state index in [1.165, 1.54) is 6.20 Å². The van der Waals surface area contributed by atoms with Crippen LogP contribution in [0.5, 0.6) is 0 Å². The van der Waals surface area contributed by atoms with Gasteiger partial charge in [-0.1, -0.05) is 19.6 Å². The smallest absolute Gasteiger partial charge is 0.210 e. The van der Waals surface area contributed by atoms with Crippen molar-refractivity contribution in [3.63, 3.8) is 0 Å². The highest BCUT2D eigenvalue weighted by molar-refractivity contribution is 6.46. The van der Waals surface area contributed by atoms with Gasteiger partial charge in [0, 0.05) is 12.2 Å². The molecule has 1 heterocycles. The molecule has 2 rings (SSSR count). The Balaban J connectivity index is 2.21. The number of likely N-dealkylation sites (tertiary alicyclic amines) is 1. The maximum Gasteiger partial charge on any atom is 0.210 e. The molecule has 0 aromatic heterocycles. The molecule has 18 heavy (non-hydrogen) atoms. The van der Waals surface area contributed by atoms with Crippen LogP contribution < -0.4 is 0 Å². The van der Waals surface area contributed by atoms with Crippen LogP contribution in [-0.4, -0.2) is 34.9 Å². The van der Waals surface area contributed by atoms with Crippen molar-refractivity contribution in [3.05, 3.63) is 24.9 Å². The summed E-state index contributed by atoms with van der Waals surface area (Å²) in [7, 11) is 0. The molecule has 0 N–H and O–H groups in total. The zero-order chi connectivity index (χ0) is 13.3. The van der Waals surface area contributed by atoms with Gasteiger partial charge in [-0.05, 0) is 31.3 Å². The summed E-state index contributed by atoms with van der Waals surface area (Å²) in [5.74, 6) is -0.0893. The van der Waals surface area contributed by atoms with E-state index in [0.29, 0.717) is 5.71 Å². The van der Waals surface area contributed by atoms with E-state index < -0.39 is 0 Å². The molecule has 0 aromatic carbocycles. The van der Waals surface area contributed by atoms with Gasteiger partial charge in [0.25, 0.3) is 0 Å². The van der Waals surface area contributed by atoms with Crippen LogP contribution in [0.3, 0.4) is 0 Å². The highest BCUT2D eigenvalue weighted by Crippen LogP contribution is 2.58. The highest BCUT2D eigenvalue weighted by atomic mass is 16.2. The molecule has 4 nitrogen and oxygen atoms in total. The second-order valence-corrected chi connectivity index (χ2v) is 5.21. The van der Waals surface area contributed by atoms with Crippen molar-refractivity contribution in [2.45, 2.75) is 38.8 Å². The number of Topliss-reactive ketones (excluding diaryl/α,β-unsaturated/α-hetero) is 1. The Morgan fingerprint density at radius 2 is 2.22 bits per heavy atom. The summed E-state index contributed by atoms with van der Waals surface area (Å²) >= 11 is 0. The molecule has 2 fully saturated rings. The van der Waals surface area contributed by atoms with Crippen molar-refractivity contribution in [3.8, 4) is 0 Å². The molecule has 4 heteroatoms. The largest absolute Gasteiger partial charge is 0.331 e. The number of aliphatic imine (C=N–C) groups is 1. The van der Waals surface area contributed by atoms with Crippen LogP contribution in [0.25, 0.3) is 0 Å². The number of fused-ring (bicyclic) bond motifs is 1. The van der Waals surface area contributed by atoms with Crippen molar-refractivity contribution < 1.29 is 9.59 Å². The molecule has 96 valence electrons. The number of rotatable bonds is 5. The zero-order valence-corrected chi connectivity index (χ0v) is 10.8. The Morgan fingerprint density at radius 1 is 1.50 bits per heavy atom. The fourth-order valence-corrected chi connectivity index (χ4v) is 2.82. The van der Waals surface area contributed by atoms with E-state index in [1.54, 1.807) is 17.1 Å². The summed E-state index contributed by atoms with van der Waals surface area (Å²) in [6, 6.07) is -0.124. The third kappa shape index (κ3) is 1.92. The van der Waals surface area contributed by atoms with Gasteiger partial charge in [-0.2, -0.15) is 0 Å². The molecule has 0 aromatic rings. The monoisotopic (exact) mass is 246 g/mol. The summed E-state index contributed by atoms with van der Waals surface area (Å²) in [5.41, 5.74) is 0.505. The summed E-state index contributed by atoms with van der Waals surface area (Å²) < 4.78 is 0. The molecule has 1 amide bonds. The van der Waals surface area contributed by atoms with Crippen LogP contribution >= 0.6 is 0 Å². The first-order chi connectivity index (χ1) is 8.57. The quantitative estimate of drug-likeness (QED) is 0.548. The zero-order valence-electron chi connectivity index (χ0n) is 10.8. The average molecular weight is 246 g/mol. The van der Waals surface area contributed by atoms with Crippen molar-refractivity contribution >= 4 is 17.9 Å². The Morgan fingerprint density at radius 3 is 2.78 bits per heavy atom. The predicted molar refractivity (Wildman–Crippen MR) is 70.3 cm³/mol. The third-order valence-electron chi connectivity index (χ3n) is 3.92. The Kier molecular flexibility index (Phi) is 3.20. The topological polar surface area (TPSA) is 49.7 Å². The summed E-state index contributed by atoms with van der Waals surface area (Å²) in [6.45, 7) is 7.47. The third-order valence-corrected chi connectivity index (χ3v) is 3.92. The number of carbonyl (C=O) groups excluding carboxylic acids is 2. The summed E-state index contributed by atoms with van der Waals surface area (Å²) in [4.78, 5) is 29.2. The molecule has 0 radical (unpaired) electrons. The van der Waals surface area contributed by atoms with E-state index in [-0.39, 0.29) is 23.3 Å².